The molecule has 0 aromatic heterocycles. The van der Waals surface area contributed by atoms with Crippen molar-refractivity contribution < 1.29 is 0 Å². The molecule has 0 atom stereocenters. The topological polar surface area (TPSA) is 12.0 Å². The third-order valence-corrected chi connectivity index (χ3v) is 2.78. The summed E-state index contributed by atoms with van der Waals surface area (Å²) in [4.78, 5) is 0. The van der Waals surface area contributed by atoms with Crippen molar-refractivity contribution in [3.05, 3.63) is 40.5 Å². The van der Waals surface area contributed by atoms with Gasteiger partial charge in [0.05, 0.1) is 0 Å². The minimum atomic E-state index is 1.02. The largest absolute Gasteiger partial charge is 0.316 e. The van der Waals surface area contributed by atoms with Crippen molar-refractivity contribution in [3.8, 4) is 0 Å². The number of hydrogen-bond acceptors (Lipinski definition) is 1. The van der Waals surface area contributed by atoms with E-state index in [9.17, 15) is 0 Å². The molecule has 0 unspecified atom stereocenters. The van der Waals surface area contributed by atoms with E-state index in [0.717, 1.165) is 6.54 Å². The molecule has 0 saturated heterocycles. The zero-order chi connectivity index (χ0) is 9.97. The van der Waals surface area contributed by atoms with Crippen molar-refractivity contribution in [2.24, 2.45) is 0 Å². The first-order valence-corrected chi connectivity index (χ1v) is 5.23. The summed E-state index contributed by atoms with van der Waals surface area (Å²) in [5, 5.41) is 3.21. The van der Waals surface area contributed by atoms with Gasteiger partial charge in [-0.15, -0.1) is 0 Å². The predicted octanol–water partition coefficient (Wildman–Crippen LogP) is 2.54. The second-order valence-electron chi connectivity index (χ2n) is 4.04. The van der Waals surface area contributed by atoms with Gasteiger partial charge >= 0.3 is 0 Å². The Morgan fingerprint density at radius 2 is 2.14 bits per heavy atom. The van der Waals surface area contributed by atoms with Crippen molar-refractivity contribution in [1.82, 2.24) is 5.32 Å². The van der Waals surface area contributed by atoms with Crippen LogP contribution in [-0.4, -0.2) is 13.6 Å². The highest BCUT2D eigenvalue weighted by atomic mass is 14.8. The predicted molar refractivity (Wildman–Crippen MR) is 61.4 cm³/mol. The van der Waals surface area contributed by atoms with Crippen molar-refractivity contribution in [3.63, 3.8) is 0 Å². The summed E-state index contributed by atoms with van der Waals surface area (Å²) >= 11 is 0. The molecule has 1 aliphatic rings. The first-order chi connectivity index (χ1) is 6.79. The van der Waals surface area contributed by atoms with E-state index in [1.54, 1.807) is 0 Å². The fourth-order valence-electron chi connectivity index (χ4n) is 2.05. The summed E-state index contributed by atoms with van der Waals surface area (Å²) in [7, 11) is 2.01. The molecule has 1 heteroatoms. The van der Waals surface area contributed by atoms with Crippen molar-refractivity contribution in [1.29, 1.82) is 0 Å². The molecule has 0 amide bonds. The molecule has 74 valence electrons. The number of nitrogens with one attached hydrogen (secondary N) is 1. The molecule has 14 heavy (non-hydrogen) atoms. The molecule has 1 nitrogen and oxygen atoms in total. The molecule has 1 N–H and O–H groups in total. The van der Waals surface area contributed by atoms with Crippen LogP contribution in [0, 0.1) is 6.92 Å². The molecule has 1 aromatic carbocycles. The SMILES string of the molecule is CNCC1=Cc2ccc(C)cc2CC1. The van der Waals surface area contributed by atoms with Crippen LogP contribution in [-0.2, 0) is 6.42 Å². The van der Waals surface area contributed by atoms with Crippen molar-refractivity contribution in [2.75, 3.05) is 13.6 Å². The zero-order valence-electron chi connectivity index (χ0n) is 8.93. The van der Waals surface area contributed by atoms with Gasteiger partial charge in [0.2, 0.25) is 0 Å². The third-order valence-electron chi connectivity index (χ3n) is 2.78. The molecule has 0 heterocycles. The summed E-state index contributed by atoms with van der Waals surface area (Å²) < 4.78 is 0. The van der Waals surface area contributed by atoms with Gasteiger partial charge in [0, 0.05) is 6.54 Å². The maximum atomic E-state index is 3.21. The van der Waals surface area contributed by atoms with Crippen LogP contribution in [0.5, 0.6) is 0 Å². The highest BCUT2D eigenvalue weighted by molar-refractivity contribution is 5.60. The lowest BCUT2D eigenvalue weighted by molar-refractivity contribution is 0.809. The maximum Gasteiger partial charge on any atom is 0.0165 e. The van der Waals surface area contributed by atoms with Crippen LogP contribution >= 0.6 is 0 Å². The Kier molecular flexibility index (Phi) is 2.69. The van der Waals surface area contributed by atoms with Crippen LogP contribution in [0.1, 0.15) is 23.1 Å². The molecule has 0 aliphatic heterocycles. The van der Waals surface area contributed by atoms with Crippen LogP contribution in [0.25, 0.3) is 6.08 Å². The Morgan fingerprint density at radius 3 is 2.93 bits per heavy atom. The van der Waals surface area contributed by atoms with Crippen LogP contribution in [0.2, 0.25) is 0 Å². The molecular weight excluding hydrogens is 170 g/mol. The molecule has 1 aliphatic carbocycles. The molecule has 0 saturated carbocycles. The average Bonchev–Trinajstić information content (AvgIpc) is 2.19. The first-order valence-electron chi connectivity index (χ1n) is 5.23. The summed E-state index contributed by atoms with van der Waals surface area (Å²) in [5.41, 5.74) is 5.80. The average molecular weight is 187 g/mol. The van der Waals surface area contributed by atoms with Gasteiger partial charge < -0.3 is 5.32 Å². The molecule has 2 rings (SSSR count). The minimum Gasteiger partial charge on any atom is -0.316 e. The lowest BCUT2D eigenvalue weighted by Gasteiger charge is -2.16. The van der Waals surface area contributed by atoms with Crippen LogP contribution < -0.4 is 5.32 Å². The molecule has 0 spiro atoms. The Balaban J connectivity index is 2.30. The van der Waals surface area contributed by atoms with Gasteiger partial charge in [0.1, 0.15) is 0 Å². The smallest absolute Gasteiger partial charge is 0.0165 e. The molecular formula is C13H17N. The lowest BCUT2D eigenvalue weighted by Crippen LogP contribution is -2.13. The number of likely N-dealkylation sites (N-methyl/N-ethyl adjacent to an activating group) is 1. The van der Waals surface area contributed by atoms with E-state index in [0.29, 0.717) is 0 Å². The van der Waals surface area contributed by atoms with E-state index in [-0.39, 0.29) is 0 Å². The Morgan fingerprint density at radius 1 is 1.29 bits per heavy atom. The number of fused-ring (bicyclic) bond motifs is 1. The number of rotatable bonds is 2. The normalized spacial score (nSPS) is 14.9. The minimum absolute atomic E-state index is 1.02. The van der Waals surface area contributed by atoms with E-state index >= 15 is 0 Å². The van der Waals surface area contributed by atoms with Crippen molar-refractivity contribution >= 4 is 6.08 Å². The second-order valence-corrected chi connectivity index (χ2v) is 4.04. The quantitative estimate of drug-likeness (QED) is 0.750. The fourth-order valence-corrected chi connectivity index (χ4v) is 2.05. The Labute approximate surface area is 85.8 Å². The fraction of sp³-hybridized carbons (Fsp3) is 0.385. The summed E-state index contributed by atoms with van der Waals surface area (Å²) in [5.74, 6) is 0. The van der Waals surface area contributed by atoms with E-state index in [1.165, 1.54) is 35.1 Å². The molecule has 0 bridgehead atoms. The second kappa shape index (κ2) is 3.97. The monoisotopic (exact) mass is 187 g/mol. The van der Waals surface area contributed by atoms with Gasteiger partial charge in [-0.05, 0) is 37.9 Å². The van der Waals surface area contributed by atoms with Gasteiger partial charge in [-0.2, -0.15) is 0 Å². The van der Waals surface area contributed by atoms with Crippen LogP contribution in [0.15, 0.2) is 23.8 Å². The standard InChI is InChI=1S/C13H17N/c1-10-3-5-13-8-11(9-14-2)4-6-12(13)7-10/h3,5,7-8,14H,4,6,9H2,1-2H3. The number of hydrogen-bond donors (Lipinski definition) is 1. The lowest BCUT2D eigenvalue weighted by atomic mass is 9.91. The first kappa shape index (κ1) is 9.47. The van der Waals surface area contributed by atoms with E-state index in [2.05, 4.69) is 36.5 Å². The zero-order valence-corrected chi connectivity index (χ0v) is 8.93. The molecule has 1 aromatic rings. The third kappa shape index (κ3) is 1.88. The highest BCUT2D eigenvalue weighted by Gasteiger charge is 2.09. The van der Waals surface area contributed by atoms with Crippen LogP contribution in [0.4, 0.5) is 0 Å². The summed E-state index contributed by atoms with van der Waals surface area (Å²) in [6.07, 6.45) is 4.73. The Hall–Kier alpha value is -1.08. The van der Waals surface area contributed by atoms with Gasteiger partial charge in [-0.25, -0.2) is 0 Å². The van der Waals surface area contributed by atoms with Crippen LogP contribution in [0.3, 0.4) is 0 Å². The Bertz CT molecular complexity index is 363. The maximum absolute atomic E-state index is 3.21. The summed E-state index contributed by atoms with van der Waals surface area (Å²) in [6.45, 7) is 3.18. The summed E-state index contributed by atoms with van der Waals surface area (Å²) in [6, 6.07) is 6.74. The van der Waals surface area contributed by atoms with Gasteiger partial charge in [0.15, 0.2) is 0 Å². The van der Waals surface area contributed by atoms with Gasteiger partial charge in [0.25, 0.3) is 0 Å². The van der Waals surface area contributed by atoms with E-state index < -0.39 is 0 Å². The highest BCUT2D eigenvalue weighted by Crippen LogP contribution is 2.24. The molecule has 0 fully saturated rings. The number of benzene rings is 1. The molecule has 0 radical (unpaired) electrons. The number of aryl methyl sites for hydroxylation is 2. The van der Waals surface area contributed by atoms with E-state index in [4.69, 9.17) is 0 Å². The van der Waals surface area contributed by atoms with E-state index in [1.807, 2.05) is 7.05 Å². The van der Waals surface area contributed by atoms with Gasteiger partial charge in [-0.1, -0.05) is 35.4 Å². The van der Waals surface area contributed by atoms with Crippen molar-refractivity contribution in [2.45, 2.75) is 19.8 Å². The van der Waals surface area contributed by atoms with Gasteiger partial charge in [-0.3, -0.25) is 0 Å².